The first-order valence-corrected chi connectivity index (χ1v) is 11.2. The number of nitrogens with zero attached hydrogens (tertiary/aromatic N) is 2. The molecule has 0 saturated carbocycles. The van der Waals surface area contributed by atoms with E-state index in [1.165, 1.54) is 47.4 Å². The summed E-state index contributed by atoms with van der Waals surface area (Å²) in [4.78, 5) is 29.2. The van der Waals surface area contributed by atoms with Gasteiger partial charge in [-0.25, -0.2) is 9.18 Å². The topological polar surface area (TPSA) is 61.9 Å². The summed E-state index contributed by atoms with van der Waals surface area (Å²) in [5, 5.41) is 2.72. The van der Waals surface area contributed by atoms with Crippen LogP contribution in [-0.4, -0.2) is 36.3 Å². The van der Waals surface area contributed by atoms with E-state index in [0.717, 1.165) is 5.56 Å². The van der Waals surface area contributed by atoms with Gasteiger partial charge >= 0.3 is 12.4 Å². The molecule has 1 aliphatic heterocycles. The number of carbonyl (C=O) groups is 2. The molecule has 0 spiro atoms. The van der Waals surface area contributed by atoms with Gasteiger partial charge in [-0.15, -0.1) is 13.2 Å². The Morgan fingerprint density at radius 1 is 1.03 bits per heavy atom. The number of urea groups is 1. The van der Waals surface area contributed by atoms with E-state index in [0.29, 0.717) is 36.4 Å². The van der Waals surface area contributed by atoms with Gasteiger partial charge in [0.15, 0.2) is 0 Å². The Balaban J connectivity index is 1.52. The molecular weight excluding hydrogens is 478 g/mol. The lowest BCUT2D eigenvalue weighted by atomic mass is 10.1. The van der Waals surface area contributed by atoms with Gasteiger partial charge in [-0.2, -0.15) is 0 Å². The van der Waals surface area contributed by atoms with E-state index in [4.69, 9.17) is 0 Å². The molecule has 0 atom stereocenters. The van der Waals surface area contributed by atoms with Crippen LogP contribution in [0.25, 0.3) is 0 Å². The largest absolute Gasteiger partial charge is 0.573 e. The minimum absolute atomic E-state index is 0.116. The van der Waals surface area contributed by atoms with Gasteiger partial charge in [-0.1, -0.05) is 30.3 Å². The standard InChI is InChI=1S/C26H23F4N3O3/c1-17-7-12-23(22(15-17)31-24(34)20-5-2-3-6-21(20)27)33-14-4-13-32(25(33)35)16-18-8-10-19(11-9-18)36-26(28,29)30/h2-3,5-12,15H,4,13-14,16H2,1H3,(H,31,34). The number of hydrogen-bond donors (Lipinski definition) is 1. The Morgan fingerprint density at radius 3 is 2.44 bits per heavy atom. The van der Waals surface area contributed by atoms with Crippen LogP contribution < -0.4 is 15.0 Å². The summed E-state index contributed by atoms with van der Waals surface area (Å²) in [6.45, 7) is 2.88. The minimum atomic E-state index is -4.78. The fourth-order valence-corrected chi connectivity index (χ4v) is 3.99. The molecule has 4 rings (SSSR count). The number of ether oxygens (including phenoxy) is 1. The zero-order valence-electron chi connectivity index (χ0n) is 19.3. The second-order valence-corrected chi connectivity index (χ2v) is 8.36. The van der Waals surface area contributed by atoms with Crippen LogP contribution in [0.3, 0.4) is 0 Å². The first-order chi connectivity index (χ1) is 17.1. The van der Waals surface area contributed by atoms with Gasteiger partial charge in [0, 0.05) is 19.6 Å². The molecule has 0 unspecified atom stereocenters. The van der Waals surface area contributed by atoms with E-state index in [1.54, 1.807) is 29.2 Å². The number of nitrogens with one attached hydrogen (secondary N) is 1. The number of carbonyl (C=O) groups excluding carboxylic acids is 2. The van der Waals surface area contributed by atoms with Crippen molar-refractivity contribution < 1.29 is 31.9 Å². The van der Waals surface area contributed by atoms with E-state index >= 15 is 0 Å². The highest BCUT2D eigenvalue weighted by Crippen LogP contribution is 2.31. The maximum atomic E-state index is 14.1. The average molecular weight is 501 g/mol. The summed E-state index contributed by atoms with van der Waals surface area (Å²) < 4.78 is 55.2. The summed E-state index contributed by atoms with van der Waals surface area (Å²) in [5.41, 5.74) is 2.19. The fraction of sp³-hybridized carbons (Fsp3) is 0.231. The van der Waals surface area contributed by atoms with Crippen molar-refractivity contribution in [2.24, 2.45) is 0 Å². The molecule has 1 saturated heterocycles. The molecule has 188 valence electrons. The number of benzene rings is 3. The van der Waals surface area contributed by atoms with Crippen LogP contribution in [0, 0.1) is 12.7 Å². The molecule has 1 N–H and O–H groups in total. The van der Waals surface area contributed by atoms with Gasteiger partial charge in [0.25, 0.3) is 5.91 Å². The van der Waals surface area contributed by atoms with Gasteiger partial charge in [0.1, 0.15) is 11.6 Å². The van der Waals surface area contributed by atoms with E-state index in [-0.39, 0.29) is 23.9 Å². The predicted octanol–water partition coefficient (Wildman–Crippen LogP) is 6.12. The predicted molar refractivity (Wildman–Crippen MR) is 126 cm³/mol. The zero-order valence-corrected chi connectivity index (χ0v) is 19.3. The van der Waals surface area contributed by atoms with Crippen molar-refractivity contribution in [1.82, 2.24) is 4.90 Å². The molecule has 1 fully saturated rings. The molecule has 0 aromatic heterocycles. The van der Waals surface area contributed by atoms with Crippen LogP contribution in [0.4, 0.5) is 33.7 Å². The normalized spacial score (nSPS) is 14.1. The van der Waals surface area contributed by atoms with Gasteiger partial charge in [-0.3, -0.25) is 9.69 Å². The van der Waals surface area contributed by atoms with Crippen LogP contribution in [0.5, 0.6) is 5.75 Å². The fourth-order valence-electron chi connectivity index (χ4n) is 3.99. The second kappa shape index (κ2) is 10.3. The highest BCUT2D eigenvalue weighted by atomic mass is 19.4. The number of rotatable bonds is 6. The van der Waals surface area contributed by atoms with Crippen molar-refractivity contribution in [2.75, 3.05) is 23.3 Å². The third-order valence-electron chi connectivity index (χ3n) is 5.65. The highest BCUT2D eigenvalue weighted by Gasteiger charge is 2.31. The van der Waals surface area contributed by atoms with Crippen molar-refractivity contribution >= 4 is 23.3 Å². The summed E-state index contributed by atoms with van der Waals surface area (Å²) in [7, 11) is 0. The molecule has 36 heavy (non-hydrogen) atoms. The first kappa shape index (κ1) is 25.0. The lowest BCUT2D eigenvalue weighted by Crippen LogP contribution is -2.49. The minimum Gasteiger partial charge on any atom is -0.406 e. The zero-order chi connectivity index (χ0) is 25.9. The average Bonchev–Trinajstić information content (AvgIpc) is 2.81. The lowest BCUT2D eigenvalue weighted by Gasteiger charge is -2.36. The third kappa shape index (κ3) is 5.94. The van der Waals surface area contributed by atoms with Crippen LogP contribution in [0.15, 0.2) is 66.7 Å². The molecule has 3 aromatic rings. The lowest BCUT2D eigenvalue weighted by molar-refractivity contribution is -0.274. The van der Waals surface area contributed by atoms with Crippen LogP contribution in [0.2, 0.25) is 0 Å². The number of amides is 3. The Hall–Kier alpha value is -4.08. The molecule has 0 bridgehead atoms. The first-order valence-electron chi connectivity index (χ1n) is 11.2. The molecule has 6 nitrogen and oxygen atoms in total. The van der Waals surface area contributed by atoms with Crippen LogP contribution >= 0.6 is 0 Å². The van der Waals surface area contributed by atoms with Gasteiger partial charge < -0.3 is 15.0 Å². The highest BCUT2D eigenvalue weighted by molar-refractivity contribution is 6.07. The number of halogens is 4. The van der Waals surface area contributed by atoms with E-state index in [1.807, 2.05) is 6.92 Å². The molecule has 1 aliphatic rings. The Morgan fingerprint density at radius 2 is 1.75 bits per heavy atom. The molecule has 3 amide bonds. The van der Waals surface area contributed by atoms with Gasteiger partial charge in [-0.05, 0) is 60.9 Å². The Labute approximate surface area is 205 Å². The van der Waals surface area contributed by atoms with Crippen molar-refractivity contribution in [1.29, 1.82) is 0 Å². The van der Waals surface area contributed by atoms with E-state index in [2.05, 4.69) is 10.1 Å². The summed E-state index contributed by atoms with van der Waals surface area (Å²) in [6.07, 6.45) is -4.14. The van der Waals surface area contributed by atoms with Crippen molar-refractivity contribution in [2.45, 2.75) is 26.3 Å². The Kier molecular flexibility index (Phi) is 7.14. The van der Waals surface area contributed by atoms with Gasteiger partial charge in [0.2, 0.25) is 0 Å². The Bertz CT molecular complexity index is 1260. The summed E-state index contributed by atoms with van der Waals surface area (Å²) in [5.74, 6) is -1.63. The number of alkyl halides is 3. The summed E-state index contributed by atoms with van der Waals surface area (Å²) >= 11 is 0. The molecular formula is C26H23F4N3O3. The SMILES string of the molecule is Cc1ccc(N2CCCN(Cc3ccc(OC(F)(F)F)cc3)C2=O)c(NC(=O)c2ccccc2F)c1. The van der Waals surface area contributed by atoms with Gasteiger partial charge in [0.05, 0.1) is 16.9 Å². The number of hydrogen-bond acceptors (Lipinski definition) is 3. The maximum Gasteiger partial charge on any atom is 0.573 e. The third-order valence-corrected chi connectivity index (χ3v) is 5.65. The summed E-state index contributed by atoms with van der Waals surface area (Å²) in [6, 6.07) is 15.9. The number of anilines is 2. The molecule has 0 aliphatic carbocycles. The van der Waals surface area contributed by atoms with E-state index < -0.39 is 18.1 Å². The monoisotopic (exact) mass is 501 g/mol. The van der Waals surface area contributed by atoms with Crippen molar-refractivity contribution in [3.8, 4) is 5.75 Å². The smallest absolute Gasteiger partial charge is 0.406 e. The van der Waals surface area contributed by atoms with Crippen molar-refractivity contribution in [3.05, 3.63) is 89.2 Å². The second-order valence-electron chi connectivity index (χ2n) is 8.36. The molecule has 10 heteroatoms. The maximum absolute atomic E-state index is 14.1. The molecule has 3 aromatic carbocycles. The van der Waals surface area contributed by atoms with Crippen LogP contribution in [0.1, 0.15) is 27.9 Å². The van der Waals surface area contributed by atoms with Crippen LogP contribution in [-0.2, 0) is 6.54 Å². The quantitative estimate of drug-likeness (QED) is 0.414. The number of aryl methyl sites for hydroxylation is 1. The van der Waals surface area contributed by atoms with E-state index in [9.17, 15) is 27.2 Å². The molecule has 0 radical (unpaired) electrons. The van der Waals surface area contributed by atoms with Crippen molar-refractivity contribution in [3.63, 3.8) is 0 Å². The molecule has 1 heterocycles.